The second kappa shape index (κ2) is 14.5. The molecule has 4 aromatic carbocycles. The van der Waals surface area contributed by atoms with Crippen molar-refractivity contribution in [2.45, 2.75) is 15.7 Å². The Labute approximate surface area is 306 Å². The van der Waals surface area contributed by atoms with Gasteiger partial charge in [-0.2, -0.15) is 0 Å². The van der Waals surface area contributed by atoms with Crippen LogP contribution in [-0.4, -0.2) is 46.7 Å². The van der Waals surface area contributed by atoms with Crippen LogP contribution in [0.5, 0.6) is 0 Å². The van der Waals surface area contributed by atoms with Gasteiger partial charge in [-0.3, -0.25) is 11.7 Å². The average Bonchev–Trinajstić information content (AvgIpc) is 2.99. The molecule has 1 saturated heterocycles. The summed E-state index contributed by atoms with van der Waals surface area (Å²) >= 11 is 0. The van der Waals surface area contributed by atoms with Crippen molar-refractivity contribution in [3.8, 4) is 0 Å². The molecule has 5 rings (SSSR count). The number of rotatable bonds is 7. The van der Waals surface area contributed by atoms with Gasteiger partial charge in [0, 0.05) is 0 Å². The van der Waals surface area contributed by atoms with E-state index in [4.69, 9.17) is 17.5 Å². The first-order valence-electron chi connectivity index (χ1n) is 12.9. The fourth-order valence-corrected chi connectivity index (χ4v) is 9.16. The second-order valence-electron chi connectivity index (χ2n) is 9.86. The van der Waals surface area contributed by atoms with Crippen LogP contribution in [0, 0.1) is 0 Å². The minimum Gasteiger partial charge on any atom is -0.748 e. The maximum Gasteiger partial charge on any atom is 1.00 e. The number of hydrazine groups is 5. The van der Waals surface area contributed by atoms with E-state index in [1.165, 1.54) is 48.5 Å². The Balaban J connectivity index is 0.00000276. The van der Waals surface area contributed by atoms with Crippen LogP contribution in [0.2, 0.25) is 0 Å². The molecule has 12 nitrogen and oxygen atoms in total. The van der Waals surface area contributed by atoms with E-state index in [1.807, 2.05) is 6.07 Å². The van der Waals surface area contributed by atoms with Gasteiger partial charge in [0.05, 0.1) is 0 Å². The van der Waals surface area contributed by atoms with E-state index < -0.39 is 41.5 Å². The van der Waals surface area contributed by atoms with Crippen molar-refractivity contribution in [3.63, 3.8) is 0 Å². The normalized spacial score (nSPS) is 21.1. The molecule has 2 unspecified atom stereocenters. The molecule has 6 N–H and O–H groups in total. The van der Waals surface area contributed by atoms with Crippen LogP contribution < -0.4 is 76.6 Å². The Kier molecular flexibility index (Phi) is 12.2. The summed E-state index contributed by atoms with van der Waals surface area (Å²) in [7, 11) is -11.8. The summed E-state index contributed by atoms with van der Waals surface area (Å²) in [6.45, 7) is 0. The van der Waals surface area contributed by atoms with E-state index in [0.29, 0.717) is 15.9 Å². The predicted octanol–water partition coefficient (Wildman–Crippen LogP) is -4.21. The van der Waals surface area contributed by atoms with Crippen LogP contribution in [-0.2, 0) is 30.6 Å². The molecule has 0 aliphatic carbocycles. The molecule has 1 aliphatic rings. The fraction of sp³-hybridized carbons (Fsp3) is 0.103. The molecule has 4 aromatic rings. The molecule has 45 heavy (non-hydrogen) atoms. The van der Waals surface area contributed by atoms with Gasteiger partial charge in [-0.1, -0.05) is 133 Å². The predicted molar refractivity (Wildman–Crippen MR) is 158 cm³/mol. The fourth-order valence-electron chi connectivity index (χ4n) is 5.83. The van der Waals surface area contributed by atoms with Crippen molar-refractivity contribution in [1.29, 1.82) is 0 Å². The van der Waals surface area contributed by atoms with E-state index in [9.17, 15) is 25.9 Å². The zero-order valence-electron chi connectivity index (χ0n) is 24.5. The van der Waals surface area contributed by atoms with Gasteiger partial charge in [0.1, 0.15) is 31.0 Å². The largest absolute Gasteiger partial charge is 1.00 e. The van der Waals surface area contributed by atoms with Crippen molar-refractivity contribution >= 4 is 32.4 Å². The first-order valence-corrected chi connectivity index (χ1v) is 15.7. The van der Waals surface area contributed by atoms with Crippen molar-refractivity contribution in [3.05, 3.63) is 143 Å². The zero-order chi connectivity index (χ0) is 31.0. The van der Waals surface area contributed by atoms with E-state index in [2.05, 4.69) is 0 Å². The first kappa shape index (κ1) is 37.7. The standard InChI is InChI=1S/C29H30N6O6S2.2Na/c30-33-28(24-15-6-2-7-16-24,25-17-8-3-9-18-25)27(42(36,37)38)29(43(39,40)41,34(31)35(33)32)26-19-11-10-14-23(26)21-20-22-12-4-1-5-13-22;;/h1-21,27H,30-32H2,(H,36,37,38)(H,39,40,41);;/q;2*+1/p-2. The summed E-state index contributed by atoms with van der Waals surface area (Å²) in [6.07, 6.45) is 3.12. The Morgan fingerprint density at radius 3 is 1.53 bits per heavy atom. The first-order chi connectivity index (χ1) is 20.4. The molecular formula is C29H28N6Na2O6S2. The quantitative estimate of drug-likeness (QED) is 0.0744. The maximum atomic E-state index is 13.8. The Hall–Kier alpha value is -1.80. The van der Waals surface area contributed by atoms with Crippen molar-refractivity contribution in [1.82, 2.24) is 15.5 Å². The number of hydrogen-bond acceptors (Lipinski definition) is 12. The third kappa shape index (κ3) is 6.40. The number of benzene rings is 4. The minimum absolute atomic E-state index is 0. The molecule has 224 valence electrons. The molecular weight excluding hydrogens is 638 g/mol. The molecule has 0 spiro atoms. The molecule has 1 fully saturated rings. The average molecular weight is 667 g/mol. The van der Waals surface area contributed by atoms with Gasteiger partial charge in [-0.05, 0) is 27.8 Å². The second-order valence-corrected chi connectivity index (χ2v) is 12.9. The summed E-state index contributed by atoms with van der Waals surface area (Å²) in [6, 6.07) is 29.8. The van der Waals surface area contributed by atoms with Crippen LogP contribution in [0.15, 0.2) is 115 Å². The number of nitrogens with two attached hydrogens (primary N) is 3. The SMILES string of the molecule is NN1N(N)C(c2ccccc2)(c2ccccc2)C(S(=O)(=O)[O-])C(c2ccccc2C=Cc2ccccc2)(S(=O)(=O)[O-])N1N.[Na+].[Na+]. The monoisotopic (exact) mass is 666 g/mol. The third-order valence-corrected chi connectivity index (χ3v) is 10.4. The van der Waals surface area contributed by atoms with Crippen molar-refractivity contribution in [2.24, 2.45) is 17.5 Å². The molecule has 0 radical (unpaired) electrons. The summed E-state index contributed by atoms with van der Waals surface area (Å²) in [4.78, 5) is -3.35. The van der Waals surface area contributed by atoms with Crippen molar-refractivity contribution in [2.75, 3.05) is 0 Å². The number of nitrogens with zero attached hydrogens (tertiary/aromatic N) is 3. The van der Waals surface area contributed by atoms with E-state index in [-0.39, 0.29) is 80.9 Å². The maximum absolute atomic E-state index is 13.8. The zero-order valence-corrected chi connectivity index (χ0v) is 30.2. The Morgan fingerprint density at radius 2 is 1.07 bits per heavy atom. The molecule has 2 atom stereocenters. The van der Waals surface area contributed by atoms with Crippen LogP contribution in [0.4, 0.5) is 0 Å². The van der Waals surface area contributed by atoms with Gasteiger partial charge in [0.15, 0.2) is 4.87 Å². The molecule has 0 bridgehead atoms. The molecule has 1 aliphatic heterocycles. The van der Waals surface area contributed by atoms with Gasteiger partial charge in [0.25, 0.3) is 0 Å². The van der Waals surface area contributed by atoms with Gasteiger partial charge >= 0.3 is 59.1 Å². The summed E-state index contributed by atoms with van der Waals surface area (Å²) in [5, 5.41) is -1.41. The summed E-state index contributed by atoms with van der Waals surface area (Å²) < 4.78 is 82.3. The van der Waals surface area contributed by atoms with Crippen LogP contribution in [0.25, 0.3) is 12.2 Å². The summed E-state index contributed by atoms with van der Waals surface area (Å²) in [5.74, 6) is 19.1. The Bertz CT molecular complexity index is 1820. The van der Waals surface area contributed by atoms with E-state index in [1.54, 1.807) is 72.8 Å². The van der Waals surface area contributed by atoms with Crippen LogP contribution in [0.3, 0.4) is 0 Å². The molecule has 16 heteroatoms. The minimum atomic E-state index is -5.94. The van der Waals surface area contributed by atoms with Crippen LogP contribution >= 0.6 is 0 Å². The van der Waals surface area contributed by atoms with E-state index in [0.717, 1.165) is 0 Å². The van der Waals surface area contributed by atoms with E-state index >= 15 is 0 Å². The summed E-state index contributed by atoms with van der Waals surface area (Å²) in [5.41, 5.74) is -1.87. The van der Waals surface area contributed by atoms with Gasteiger partial charge in [-0.15, -0.1) is 10.2 Å². The molecule has 0 saturated carbocycles. The molecule has 1 heterocycles. The smallest absolute Gasteiger partial charge is 0.748 e. The molecule has 0 aromatic heterocycles. The molecule has 0 amide bonds. The van der Waals surface area contributed by atoms with Crippen molar-refractivity contribution < 1.29 is 85.1 Å². The topological polar surface area (TPSA) is 202 Å². The van der Waals surface area contributed by atoms with Crippen LogP contribution in [0.1, 0.15) is 27.8 Å². The van der Waals surface area contributed by atoms with Gasteiger partial charge < -0.3 is 9.11 Å². The number of hydrogen-bond donors (Lipinski definition) is 3. The van der Waals surface area contributed by atoms with Gasteiger partial charge in [0.2, 0.25) is 0 Å². The van der Waals surface area contributed by atoms with Gasteiger partial charge in [-0.25, -0.2) is 22.7 Å². The Morgan fingerprint density at radius 1 is 0.622 bits per heavy atom. The third-order valence-electron chi connectivity index (χ3n) is 7.58.